The fourth-order valence-corrected chi connectivity index (χ4v) is 4.55. The molecule has 0 spiro atoms. The van der Waals surface area contributed by atoms with E-state index in [1.54, 1.807) is 6.07 Å². The molecule has 6 unspecified atom stereocenters. The number of rotatable bonds is 7. The van der Waals surface area contributed by atoms with Gasteiger partial charge in [0.1, 0.15) is 30.5 Å². The average molecular weight is 459 g/mol. The number of fused-ring (bicyclic) bond motifs is 1. The second-order valence-corrected chi connectivity index (χ2v) is 8.44. The molecule has 11 heteroatoms. The smallest absolute Gasteiger partial charge is 0.167 e. The molecule has 1 aliphatic heterocycles. The summed E-state index contributed by atoms with van der Waals surface area (Å²) in [6.07, 6.45) is 1.26. The fraction of sp³-hybridized carbons (Fsp3) is 0.500. The van der Waals surface area contributed by atoms with Crippen LogP contribution in [0.15, 0.2) is 36.9 Å². The van der Waals surface area contributed by atoms with E-state index in [1.807, 2.05) is 6.07 Å². The Morgan fingerprint density at radius 2 is 2.06 bits per heavy atom. The van der Waals surface area contributed by atoms with Crippen LogP contribution in [-0.4, -0.2) is 71.9 Å². The highest BCUT2D eigenvalue weighted by atomic mass is 19.1. The minimum atomic E-state index is -1.23. The van der Waals surface area contributed by atoms with Crippen molar-refractivity contribution < 1.29 is 29.2 Å². The van der Waals surface area contributed by atoms with E-state index in [2.05, 4.69) is 20.3 Å². The molecule has 2 aliphatic rings. The minimum absolute atomic E-state index is 0.00396. The number of hydrogen-bond donors (Lipinski definition) is 4. The first-order valence-electron chi connectivity index (χ1n) is 11.0. The van der Waals surface area contributed by atoms with Crippen LogP contribution < -0.4 is 5.32 Å². The van der Waals surface area contributed by atoms with Crippen LogP contribution in [0.1, 0.15) is 31.1 Å². The van der Waals surface area contributed by atoms with Gasteiger partial charge in [-0.3, -0.25) is 4.57 Å². The van der Waals surface area contributed by atoms with Crippen LogP contribution >= 0.6 is 0 Å². The molecule has 1 aromatic carbocycles. The molecule has 0 amide bonds. The molecule has 1 saturated carbocycles. The highest BCUT2D eigenvalue weighted by Crippen LogP contribution is 2.33. The summed E-state index contributed by atoms with van der Waals surface area (Å²) in [5.74, 6) is 0.238. The molecule has 3 heterocycles. The molecule has 0 radical (unpaired) electrons. The number of aliphatic hydroxyl groups is 3. The number of benzene rings is 1. The Kier molecular flexibility index (Phi) is 6.21. The van der Waals surface area contributed by atoms with Crippen molar-refractivity contribution in [2.24, 2.45) is 0 Å². The van der Waals surface area contributed by atoms with Gasteiger partial charge in [-0.05, 0) is 37.0 Å². The molecule has 5 rings (SSSR count). The van der Waals surface area contributed by atoms with E-state index in [0.29, 0.717) is 23.6 Å². The Hall–Kier alpha value is -2.70. The van der Waals surface area contributed by atoms with Gasteiger partial charge in [-0.25, -0.2) is 19.3 Å². The van der Waals surface area contributed by atoms with Crippen molar-refractivity contribution in [3.63, 3.8) is 0 Å². The topological polar surface area (TPSA) is 135 Å². The maximum Gasteiger partial charge on any atom is 0.167 e. The molecule has 2 aromatic heterocycles. The molecule has 33 heavy (non-hydrogen) atoms. The zero-order valence-corrected chi connectivity index (χ0v) is 17.8. The monoisotopic (exact) mass is 459 g/mol. The number of ether oxygens (including phenoxy) is 2. The molecule has 4 N–H and O–H groups in total. The lowest BCUT2D eigenvalue weighted by molar-refractivity contribution is -0.0511. The summed E-state index contributed by atoms with van der Waals surface area (Å²) in [4.78, 5) is 13.0. The zero-order valence-electron chi connectivity index (χ0n) is 17.8. The number of aromatic nitrogens is 4. The maximum absolute atomic E-state index is 13.4. The van der Waals surface area contributed by atoms with Crippen molar-refractivity contribution in [3.8, 4) is 0 Å². The molecule has 6 atom stereocenters. The van der Waals surface area contributed by atoms with E-state index in [4.69, 9.17) is 9.47 Å². The number of anilines is 1. The number of halogens is 1. The van der Waals surface area contributed by atoms with Crippen LogP contribution in [0.4, 0.5) is 10.2 Å². The van der Waals surface area contributed by atoms with Gasteiger partial charge in [0.2, 0.25) is 0 Å². The molecule has 2 fully saturated rings. The van der Waals surface area contributed by atoms with Crippen LogP contribution in [0.5, 0.6) is 0 Å². The molecule has 10 nitrogen and oxygen atoms in total. The van der Waals surface area contributed by atoms with E-state index >= 15 is 0 Å². The predicted octanol–water partition coefficient (Wildman–Crippen LogP) is 1.13. The standard InChI is InChI=1S/C22H26FN5O5/c23-13-4-1-3-12(7-13)9-32-15-6-2-5-14(15)27-20-17-21(25-10-24-20)28(11-26-17)22-19(31)18(30)16(8-29)33-22/h1,3-4,7,10-11,14-16,18-19,22,29-31H,2,5-6,8-9H2,(H,24,25,27). The van der Waals surface area contributed by atoms with Gasteiger partial charge in [0.25, 0.3) is 0 Å². The lowest BCUT2D eigenvalue weighted by Gasteiger charge is -2.22. The predicted molar refractivity (Wildman–Crippen MR) is 115 cm³/mol. The lowest BCUT2D eigenvalue weighted by Crippen LogP contribution is -2.33. The summed E-state index contributed by atoms with van der Waals surface area (Å²) in [5, 5.41) is 33.2. The van der Waals surface area contributed by atoms with Crippen LogP contribution in [0.3, 0.4) is 0 Å². The first-order chi connectivity index (χ1) is 16.0. The van der Waals surface area contributed by atoms with Gasteiger partial charge >= 0.3 is 0 Å². The number of nitrogens with one attached hydrogen (secondary N) is 1. The fourth-order valence-electron chi connectivity index (χ4n) is 4.55. The van der Waals surface area contributed by atoms with Crippen molar-refractivity contribution in [3.05, 3.63) is 48.3 Å². The van der Waals surface area contributed by atoms with E-state index in [9.17, 15) is 19.7 Å². The summed E-state index contributed by atoms with van der Waals surface area (Å²) in [6.45, 7) is -0.0957. The third kappa shape index (κ3) is 4.30. The molecule has 0 bridgehead atoms. The highest BCUT2D eigenvalue weighted by molar-refractivity contribution is 5.82. The highest BCUT2D eigenvalue weighted by Gasteiger charge is 2.44. The Morgan fingerprint density at radius 1 is 1.18 bits per heavy atom. The summed E-state index contributed by atoms with van der Waals surface area (Å²) in [5.41, 5.74) is 1.70. The number of nitrogens with zero attached hydrogens (tertiary/aromatic N) is 4. The van der Waals surface area contributed by atoms with Crippen molar-refractivity contribution in [2.45, 2.75) is 62.6 Å². The average Bonchev–Trinajstić information content (AvgIpc) is 3.51. The molecular weight excluding hydrogens is 433 g/mol. The number of imidazole rings is 1. The largest absolute Gasteiger partial charge is 0.394 e. The van der Waals surface area contributed by atoms with Crippen molar-refractivity contribution in [1.82, 2.24) is 19.5 Å². The third-order valence-corrected chi connectivity index (χ3v) is 6.28. The van der Waals surface area contributed by atoms with Crippen molar-refractivity contribution in [2.75, 3.05) is 11.9 Å². The van der Waals surface area contributed by atoms with E-state index in [-0.39, 0.29) is 18.0 Å². The van der Waals surface area contributed by atoms with Crippen LogP contribution in [0.25, 0.3) is 11.2 Å². The summed E-state index contributed by atoms with van der Waals surface area (Å²) < 4.78 is 26.6. The first kappa shape index (κ1) is 22.1. The summed E-state index contributed by atoms with van der Waals surface area (Å²) >= 11 is 0. The van der Waals surface area contributed by atoms with Crippen LogP contribution in [0, 0.1) is 5.82 Å². The molecule has 1 saturated heterocycles. The Balaban J connectivity index is 1.32. The van der Waals surface area contributed by atoms with Crippen LogP contribution in [-0.2, 0) is 16.1 Å². The van der Waals surface area contributed by atoms with E-state index < -0.39 is 31.1 Å². The van der Waals surface area contributed by atoms with Crippen molar-refractivity contribution in [1.29, 1.82) is 0 Å². The molecular formula is C22H26FN5O5. The zero-order chi connectivity index (χ0) is 22.9. The molecule has 3 aromatic rings. The van der Waals surface area contributed by atoms with Gasteiger partial charge in [0.05, 0.1) is 31.7 Å². The second-order valence-electron chi connectivity index (χ2n) is 8.44. The normalized spacial score (nSPS) is 29.7. The minimum Gasteiger partial charge on any atom is -0.394 e. The maximum atomic E-state index is 13.4. The van der Waals surface area contributed by atoms with Gasteiger partial charge in [0.15, 0.2) is 23.2 Å². The lowest BCUT2D eigenvalue weighted by atomic mass is 10.1. The van der Waals surface area contributed by atoms with E-state index in [1.165, 1.54) is 29.4 Å². The first-order valence-corrected chi connectivity index (χ1v) is 11.0. The Morgan fingerprint density at radius 3 is 2.85 bits per heavy atom. The van der Waals surface area contributed by atoms with Gasteiger partial charge < -0.3 is 30.1 Å². The summed E-state index contributed by atoms with van der Waals surface area (Å²) in [6, 6.07) is 6.37. The number of hydrogen-bond acceptors (Lipinski definition) is 9. The SMILES string of the molecule is OCC1OC(n2cnc3c(NC4CCCC4OCc4cccc(F)c4)ncnc32)C(O)C1O. The third-order valence-electron chi connectivity index (χ3n) is 6.28. The quantitative estimate of drug-likeness (QED) is 0.410. The van der Waals surface area contributed by atoms with Gasteiger partial charge in [-0.2, -0.15) is 0 Å². The second kappa shape index (κ2) is 9.27. The molecule has 176 valence electrons. The van der Waals surface area contributed by atoms with Gasteiger partial charge in [-0.15, -0.1) is 0 Å². The molecule has 1 aliphatic carbocycles. The van der Waals surface area contributed by atoms with E-state index in [0.717, 1.165) is 24.8 Å². The van der Waals surface area contributed by atoms with Crippen LogP contribution in [0.2, 0.25) is 0 Å². The van der Waals surface area contributed by atoms with Gasteiger partial charge in [0, 0.05) is 0 Å². The number of aliphatic hydroxyl groups excluding tert-OH is 3. The Bertz CT molecular complexity index is 1110. The van der Waals surface area contributed by atoms with Gasteiger partial charge in [-0.1, -0.05) is 12.1 Å². The van der Waals surface area contributed by atoms with Crippen molar-refractivity contribution >= 4 is 17.0 Å². The Labute approximate surface area is 189 Å². The summed E-state index contributed by atoms with van der Waals surface area (Å²) in [7, 11) is 0.